The van der Waals surface area contributed by atoms with E-state index in [4.69, 9.17) is 4.42 Å². The number of nitro groups is 1. The van der Waals surface area contributed by atoms with Crippen LogP contribution in [0, 0.1) is 22.0 Å². The number of alkyl halides is 3. The van der Waals surface area contributed by atoms with Crippen molar-refractivity contribution in [1.29, 1.82) is 0 Å². The third kappa shape index (κ3) is 4.36. The highest BCUT2D eigenvalue weighted by Gasteiger charge is 2.30. The Morgan fingerprint density at radius 1 is 1.29 bits per heavy atom. The minimum Gasteiger partial charge on any atom is -0.395 e. The number of halogens is 3. The number of carbonyl (C=O) groups is 1. The second-order valence-electron chi connectivity index (χ2n) is 4.46. The fraction of sp³-hybridized carbons (Fsp3) is 0.133. The summed E-state index contributed by atoms with van der Waals surface area (Å²) in [6, 6.07) is 6.62. The maximum absolute atomic E-state index is 12.5. The molecule has 1 heterocycles. The van der Waals surface area contributed by atoms with Gasteiger partial charge in [-0.3, -0.25) is 14.9 Å². The van der Waals surface area contributed by atoms with Crippen molar-refractivity contribution in [3.63, 3.8) is 0 Å². The maximum Gasteiger partial charge on any atom is 0.433 e. The molecule has 1 aromatic carbocycles. The summed E-state index contributed by atoms with van der Waals surface area (Å²) in [5.41, 5.74) is -0.672. The Balaban J connectivity index is 1.96. The van der Waals surface area contributed by atoms with Gasteiger partial charge in [-0.15, -0.1) is 0 Å². The van der Waals surface area contributed by atoms with Crippen molar-refractivity contribution in [2.45, 2.75) is 6.18 Å². The number of hydrogen-bond donors (Lipinski definition) is 1. The van der Waals surface area contributed by atoms with Gasteiger partial charge in [-0.25, -0.2) is 0 Å². The van der Waals surface area contributed by atoms with E-state index in [1.165, 1.54) is 12.1 Å². The van der Waals surface area contributed by atoms with E-state index >= 15 is 0 Å². The van der Waals surface area contributed by atoms with Gasteiger partial charge in [-0.2, -0.15) is 13.2 Å². The van der Waals surface area contributed by atoms with Gasteiger partial charge in [0, 0.05) is 5.56 Å². The molecule has 0 bridgehead atoms. The molecule has 0 fully saturated rings. The highest BCUT2D eigenvalue weighted by molar-refractivity contribution is 5.91. The highest BCUT2D eigenvalue weighted by Crippen LogP contribution is 2.29. The van der Waals surface area contributed by atoms with E-state index < -0.39 is 28.5 Å². The molecular formula is C15H9F3N2O4. The number of benzene rings is 1. The molecule has 2 rings (SSSR count). The van der Waals surface area contributed by atoms with Crippen LogP contribution in [0.25, 0.3) is 0 Å². The van der Waals surface area contributed by atoms with Crippen LogP contribution in [0.5, 0.6) is 0 Å². The van der Waals surface area contributed by atoms with Crippen molar-refractivity contribution < 1.29 is 27.3 Å². The Bertz CT molecular complexity index is 831. The molecule has 0 saturated carbocycles. The second-order valence-corrected chi connectivity index (χ2v) is 4.46. The lowest BCUT2D eigenvalue weighted by atomic mass is 10.1. The Morgan fingerprint density at radius 3 is 2.67 bits per heavy atom. The molecule has 1 aromatic heterocycles. The van der Waals surface area contributed by atoms with Gasteiger partial charge in [0.05, 0.1) is 18.2 Å². The molecule has 0 radical (unpaired) electrons. The first-order chi connectivity index (χ1) is 11.3. The third-order valence-corrected chi connectivity index (χ3v) is 2.76. The Hall–Kier alpha value is -3.28. The fourth-order valence-corrected chi connectivity index (χ4v) is 1.68. The van der Waals surface area contributed by atoms with E-state index in [1.54, 1.807) is 0 Å². The molecule has 0 aliphatic rings. The van der Waals surface area contributed by atoms with E-state index in [-0.39, 0.29) is 17.9 Å². The van der Waals surface area contributed by atoms with Crippen molar-refractivity contribution in [3.8, 4) is 11.8 Å². The van der Waals surface area contributed by atoms with Gasteiger partial charge in [0.1, 0.15) is 4.92 Å². The van der Waals surface area contributed by atoms with Crippen LogP contribution in [0.1, 0.15) is 21.7 Å². The van der Waals surface area contributed by atoms with Gasteiger partial charge >= 0.3 is 12.1 Å². The molecule has 2 aromatic rings. The number of hydrogen-bond acceptors (Lipinski definition) is 4. The zero-order valence-corrected chi connectivity index (χ0v) is 11.9. The quantitative estimate of drug-likeness (QED) is 0.530. The molecule has 24 heavy (non-hydrogen) atoms. The minimum absolute atomic E-state index is 0.146. The summed E-state index contributed by atoms with van der Waals surface area (Å²) in [5, 5.41) is 12.7. The molecule has 0 aliphatic carbocycles. The Kier molecular flexibility index (Phi) is 4.89. The predicted molar refractivity (Wildman–Crippen MR) is 76.0 cm³/mol. The predicted octanol–water partition coefficient (Wildman–Crippen LogP) is 2.99. The van der Waals surface area contributed by atoms with Crippen LogP contribution in [-0.4, -0.2) is 17.4 Å². The van der Waals surface area contributed by atoms with Gasteiger partial charge in [0.25, 0.3) is 5.91 Å². The van der Waals surface area contributed by atoms with Gasteiger partial charge in [0.15, 0.2) is 5.76 Å². The zero-order chi connectivity index (χ0) is 17.7. The van der Waals surface area contributed by atoms with Crippen molar-refractivity contribution in [1.82, 2.24) is 5.32 Å². The Labute approximate surface area is 133 Å². The normalized spacial score (nSPS) is 10.6. The van der Waals surface area contributed by atoms with Crippen LogP contribution >= 0.6 is 0 Å². The van der Waals surface area contributed by atoms with E-state index in [0.717, 1.165) is 24.3 Å². The van der Waals surface area contributed by atoms with Crippen LogP contribution in [0.15, 0.2) is 40.8 Å². The summed E-state index contributed by atoms with van der Waals surface area (Å²) >= 11 is 0. The lowest BCUT2D eigenvalue weighted by Gasteiger charge is -2.05. The highest BCUT2D eigenvalue weighted by atomic mass is 19.4. The number of furan rings is 1. The monoisotopic (exact) mass is 338 g/mol. The molecule has 6 nitrogen and oxygen atoms in total. The van der Waals surface area contributed by atoms with Gasteiger partial charge < -0.3 is 9.73 Å². The van der Waals surface area contributed by atoms with Gasteiger partial charge in [0.2, 0.25) is 0 Å². The van der Waals surface area contributed by atoms with Crippen molar-refractivity contribution in [3.05, 3.63) is 63.4 Å². The first-order valence-corrected chi connectivity index (χ1v) is 6.46. The van der Waals surface area contributed by atoms with E-state index in [0.29, 0.717) is 0 Å². The second kappa shape index (κ2) is 6.87. The van der Waals surface area contributed by atoms with Crippen LogP contribution in [0.3, 0.4) is 0 Å². The minimum atomic E-state index is -4.46. The van der Waals surface area contributed by atoms with E-state index in [2.05, 4.69) is 17.2 Å². The SMILES string of the molecule is O=C(NCC#Cc1cccc(C(F)(F)F)c1)c1ccc([N+](=O)[O-])o1. The van der Waals surface area contributed by atoms with E-state index in [1.807, 2.05) is 0 Å². The number of amides is 1. The average molecular weight is 338 g/mol. The largest absolute Gasteiger partial charge is 0.433 e. The zero-order valence-electron chi connectivity index (χ0n) is 11.9. The molecule has 0 aliphatic heterocycles. The molecule has 0 atom stereocenters. The van der Waals surface area contributed by atoms with Gasteiger partial charge in [-0.1, -0.05) is 17.9 Å². The first-order valence-electron chi connectivity index (χ1n) is 6.46. The lowest BCUT2D eigenvalue weighted by Crippen LogP contribution is -2.23. The molecule has 0 saturated heterocycles. The van der Waals surface area contributed by atoms with Crippen molar-refractivity contribution in [2.24, 2.45) is 0 Å². The van der Waals surface area contributed by atoms with Crippen LogP contribution in [0.4, 0.5) is 19.1 Å². The summed E-state index contributed by atoms with van der Waals surface area (Å²) in [5.74, 6) is 3.41. The van der Waals surface area contributed by atoms with Crippen molar-refractivity contribution in [2.75, 3.05) is 6.54 Å². The standard InChI is InChI=1S/C15H9F3N2O4/c16-15(17,18)11-5-1-3-10(9-11)4-2-8-19-14(21)12-6-7-13(24-12)20(22)23/h1,3,5-7,9H,8H2,(H,19,21). The molecule has 124 valence electrons. The molecule has 0 unspecified atom stereocenters. The summed E-state index contributed by atoms with van der Waals surface area (Å²) in [7, 11) is 0. The smallest absolute Gasteiger partial charge is 0.395 e. The Morgan fingerprint density at radius 2 is 2.04 bits per heavy atom. The third-order valence-electron chi connectivity index (χ3n) is 2.76. The summed E-state index contributed by atoms with van der Waals surface area (Å²) in [6.45, 7) is -0.163. The molecule has 0 spiro atoms. The first kappa shape index (κ1) is 17.1. The van der Waals surface area contributed by atoms with E-state index in [9.17, 15) is 28.1 Å². The van der Waals surface area contributed by atoms with Crippen LogP contribution < -0.4 is 5.32 Å². The fourth-order valence-electron chi connectivity index (χ4n) is 1.68. The molecule has 1 amide bonds. The molecular weight excluding hydrogens is 329 g/mol. The maximum atomic E-state index is 12.5. The molecule has 1 N–H and O–H groups in total. The summed E-state index contributed by atoms with van der Waals surface area (Å²) in [6.07, 6.45) is -4.46. The number of carbonyl (C=O) groups excluding carboxylic acids is 1. The summed E-state index contributed by atoms with van der Waals surface area (Å²) in [4.78, 5) is 21.3. The van der Waals surface area contributed by atoms with Crippen molar-refractivity contribution >= 4 is 11.8 Å². The average Bonchev–Trinajstić information content (AvgIpc) is 3.01. The molecule has 9 heteroatoms. The van der Waals surface area contributed by atoms with Crippen LogP contribution in [-0.2, 0) is 6.18 Å². The number of nitrogens with one attached hydrogen (secondary N) is 1. The van der Waals surface area contributed by atoms with Crippen LogP contribution in [0.2, 0.25) is 0 Å². The topological polar surface area (TPSA) is 85.4 Å². The summed E-state index contributed by atoms with van der Waals surface area (Å²) < 4.78 is 42.3. The van der Waals surface area contributed by atoms with Gasteiger partial charge in [-0.05, 0) is 24.3 Å². The lowest BCUT2D eigenvalue weighted by molar-refractivity contribution is -0.402. The number of rotatable bonds is 3. The number of nitrogens with zero attached hydrogens (tertiary/aromatic N) is 1.